The van der Waals surface area contributed by atoms with Crippen molar-refractivity contribution in [2.75, 3.05) is 0 Å². The van der Waals surface area contributed by atoms with E-state index in [2.05, 4.69) is 82.6 Å². The molecule has 0 spiro atoms. The summed E-state index contributed by atoms with van der Waals surface area (Å²) in [4.78, 5) is 10.2. The standard InChI is InChI=1S/C36H37N3O/c1-7-26-22(6)35-20-34-28(9-3)27(8-2)33(38-34)18-24-12-11-23(37-24)17-31-21(5)32(19-36(26)39(35)10-4)30-16-14-25(40)13-15-29(30)31/h11-20,40H,7-10H2,1-6H3. The van der Waals surface area contributed by atoms with Crippen LogP contribution in [0, 0.1) is 13.8 Å². The van der Waals surface area contributed by atoms with Gasteiger partial charge >= 0.3 is 0 Å². The predicted octanol–water partition coefficient (Wildman–Crippen LogP) is 6.93. The Morgan fingerprint density at radius 3 is 2.05 bits per heavy atom. The summed E-state index contributed by atoms with van der Waals surface area (Å²) >= 11 is 0. The van der Waals surface area contributed by atoms with Crippen LogP contribution in [-0.4, -0.2) is 21.1 Å². The molecule has 0 saturated carbocycles. The molecular formula is C36H37N3O. The first-order valence-electron chi connectivity index (χ1n) is 14.6. The third kappa shape index (κ3) is 4.05. The average molecular weight is 528 g/mol. The van der Waals surface area contributed by atoms with Crippen LogP contribution in [0.2, 0.25) is 0 Å². The van der Waals surface area contributed by atoms with Gasteiger partial charge in [-0.05, 0) is 139 Å². The summed E-state index contributed by atoms with van der Waals surface area (Å²) in [6.07, 6.45) is 16.0. The lowest BCUT2D eigenvalue weighted by molar-refractivity contribution is 0.476. The van der Waals surface area contributed by atoms with Crippen molar-refractivity contribution in [3.63, 3.8) is 0 Å². The zero-order valence-electron chi connectivity index (χ0n) is 24.4. The van der Waals surface area contributed by atoms with E-state index in [1.54, 1.807) is 12.1 Å². The van der Waals surface area contributed by atoms with Gasteiger partial charge in [0.05, 0.1) is 22.8 Å². The van der Waals surface area contributed by atoms with Crippen molar-refractivity contribution in [3.8, 4) is 16.9 Å². The summed E-state index contributed by atoms with van der Waals surface area (Å²) in [5.74, 6) is 0.259. The molecule has 4 nitrogen and oxygen atoms in total. The van der Waals surface area contributed by atoms with Gasteiger partial charge < -0.3 is 9.67 Å². The molecule has 1 N–H and O–H groups in total. The van der Waals surface area contributed by atoms with E-state index in [1.807, 2.05) is 12.1 Å². The van der Waals surface area contributed by atoms with Gasteiger partial charge in [-0.1, -0.05) is 32.9 Å². The minimum atomic E-state index is 0.259. The number of fused-ring (bicyclic) bond motifs is 9. The Bertz CT molecular complexity index is 1850. The maximum atomic E-state index is 10.3. The second-order valence-corrected chi connectivity index (χ2v) is 10.8. The smallest absolute Gasteiger partial charge is 0.115 e. The Hall–Kier alpha value is -4.18. The van der Waals surface area contributed by atoms with E-state index in [-0.39, 0.29) is 5.75 Å². The fraction of sp³-hybridized carbons (Fsp3) is 0.278. The first-order chi connectivity index (χ1) is 19.4. The monoisotopic (exact) mass is 527 g/mol. The quantitative estimate of drug-likeness (QED) is 0.393. The number of aromatic nitrogens is 1. The lowest BCUT2D eigenvalue weighted by Gasteiger charge is -2.05. The second kappa shape index (κ2) is 10.1. The molecule has 0 saturated heterocycles. The average Bonchev–Trinajstić information content (AvgIpc) is 3.62. The summed E-state index contributed by atoms with van der Waals surface area (Å²) in [7, 11) is 0. The third-order valence-electron chi connectivity index (χ3n) is 8.66. The van der Waals surface area contributed by atoms with E-state index in [4.69, 9.17) is 9.98 Å². The second-order valence-electron chi connectivity index (χ2n) is 10.8. The Morgan fingerprint density at radius 2 is 1.40 bits per heavy atom. The highest BCUT2D eigenvalue weighted by Crippen LogP contribution is 2.39. The van der Waals surface area contributed by atoms with Crippen LogP contribution >= 0.6 is 0 Å². The number of rotatable bonds is 4. The highest BCUT2D eigenvalue weighted by atomic mass is 16.3. The lowest BCUT2D eigenvalue weighted by atomic mass is 9.99. The molecule has 202 valence electrons. The van der Waals surface area contributed by atoms with Crippen LogP contribution < -0.4 is 10.7 Å². The molecule has 1 aromatic rings. The SMILES string of the molecule is CCC1=C(CC)C2=NC1=CC1=NC(=Cc3c4ccc(O)ccc-4c(c3C)C=c3c(CC)c(C)c(n3CC)=C2)C=C1. The van der Waals surface area contributed by atoms with Crippen LogP contribution in [0.3, 0.4) is 0 Å². The molecule has 4 heterocycles. The van der Waals surface area contributed by atoms with Crippen LogP contribution in [-0.2, 0) is 13.0 Å². The van der Waals surface area contributed by atoms with Gasteiger partial charge in [-0.15, -0.1) is 0 Å². The van der Waals surface area contributed by atoms with Crippen LogP contribution in [0.5, 0.6) is 5.75 Å². The summed E-state index contributed by atoms with van der Waals surface area (Å²) in [6, 6.07) is 7.65. The normalized spacial score (nSPS) is 16.1. The lowest BCUT2D eigenvalue weighted by Crippen LogP contribution is -2.28. The van der Waals surface area contributed by atoms with Gasteiger partial charge in [0, 0.05) is 17.2 Å². The molecule has 4 heteroatoms. The molecule has 0 unspecified atom stereocenters. The minimum absolute atomic E-state index is 0.259. The molecular weight excluding hydrogens is 490 g/mol. The fourth-order valence-electron chi connectivity index (χ4n) is 6.65. The van der Waals surface area contributed by atoms with Gasteiger partial charge in [0.2, 0.25) is 0 Å². The van der Waals surface area contributed by atoms with Crippen molar-refractivity contribution in [2.45, 2.75) is 67.3 Å². The number of aromatic hydroxyl groups is 1. The first kappa shape index (κ1) is 26.1. The van der Waals surface area contributed by atoms with Crippen LogP contribution in [0.25, 0.3) is 29.4 Å². The summed E-state index contributed by atoms with van der Waals surface area (Å²) in [5, 5.41) is 12.8. The maximum Gasteiger partial charge on any atom is 0.115 e. The van der Waals surface area contributed by atoms with Gasteiger partial charge in [-0.3, -0.25) is 0 Å². The number of aliphatic imine (C=N–C) groups is 2. The summed E-state index contributed by atoms with van der Waals surface area (Å²) in [6.45, 7) is 14.3. The van der Waals surface area contributed by atoms with E-state index in [0.29, 0.717) is 0 Å². The maximum absolute atomic E-state index is 10.3. The molecule has 6 rings (SSSR count). The number of hydrogen-bond acceptors (Lipinski definition) is 3. The molecule has 40 heavy (non-hydrogen) atoms. The van der Waals surface area contributed by atoms with Gasteiger partial charge in [0.1, 0.15) is 5.75 Å². The number of nitrogens with zero attached hydrogens (tertiary/aromatic N) is 3. The highest BCUT2D eigenvalue weighted by Gasteiger charge is 2.23. The van der Waals surface area contributed by atoms with Crippen molar-refractivity contribution in [1.82, 2.24) is 4.57 Å². The topological polar surface area (TPSA) is 49.9 Å². The Morgan fingerprint density at radius 1 is 0.700 bits per heavy atom. The molecule has 0 fully saturated rings. The molecule has 1 aromatic heterocycles. The molecule has 2 aliphatic carbocycles. The van der Waals surface area contributed by atoms with Gasteiger partial charge in [-0.2, -0.15) is 0 Å². The predicted molar refractivity (Wildman–Crippen MR) is 169 cm³/mol. The molecule has 5 aliphatic rings. The molecule has 0 atom stereocenters. The van der Waals surface area contributed by atoms with Crippen molar-refractivity contribution < 1.29 is 5.11 Å². The molecule has 0 amide bonds. The van der Waals surface area contributed by atoms with E-state index < -0.39 is 0 Å². The van der Waals surface area contributed by atoms with Crippen LogP contribution in [0.15, 0.2) is 75.0 Å². The largest absolute Gasteiger partial charge is 0.508 e. The fourth-order valence-corrected chi connectivity index (χ4v) is 6.65. The molecule has 8 bridgehead atoms. The number of hydrogen-bond donors (Lipinski definition) is 1. The Labute approximate surface area is 236 Å². The molecule has 0 aromatic carbocycles. The van der Waals surface area contributed by atoms with Crippen molar-refractivity contribution in [2.24, 2.45) is 9.98 Å². The van der Waals surface area contributed by atoms with Gasteiger partial charge in [-0.25, -0.2) is 9.98 Å². The van der Waals surface area contributed by atoms with Crippen molar-refractivity contribution in [1.29, 1.82) is 0 Å². The van der Waals surface area contributed by atoms with E-state index in [9.17, 15) is 5.11 Å². The van der Waals surface area contributed by atoms with Crippen LogP contribution in [0.4, 0.5) is 0 Å². The van der Waals surface area contributed by atoms with Crippen LogP contribution in [0.1, 0.15) is 68.4 Å². The minimum Gasteiger partial charge on any atom is -0.508 e. The van der Waals surface area contributed by atoms with E-state index in [1.165, 1.54) is 44.1 Å². The zero-order valence-corrected chi connectivity index (χ0v) is 24.4. The summed E-state index contributed by atoms with van der Waals surface area (Å²) < 4.78 is 2.45. The highest BCUT2D eigenvalue weighted by molar-refractivity contribution is 6.24. The zero-order chi connectivity index (χ0) is 28.1. The Balaban J connectivity index is 1.79. The number of allylic oxidation sites excluding steroid dienone is 5. The molecule has 0 radical (unpaired) electrons. The first-order valence-corrected chi connectivity index (χ1v) is 14.6. The van der Waals surface area contributed by atoms with E-state index >= 15 is 0 Å². The van der Waals surface area contributed by atoms with Gasteiger partial charge in [0.15, 0.2) is 0 Å². The van der Waals surface area contributed by atoms with Crippen molar-refractivity contribution >= 4 is 29.7 Å². The van der Waals surface area contributed by atoms with E-state index in [0.717, 1.165) is 65.3 Å². The van der Waals surface area contributed by atoms with Gasteiger partial charge in [0.25, 0.3) is 0 Å². The van der Waals surface area contributed by atoms with Crippen molar-refractivity contribution in [3.05, 3.63) is 104 Å². The summed E-state index contributed by atoms with van der Waals surface area (Å²) in [5.41, 5.74) is 15.1. The third-order valence-corrected chi connectivity index (χ3v) is 8.66. The Kier molecular flexibility index (Phi) is 6.58. The molecule has 3 aliphatic heterocycles.